The lowest BCUT2D eigenvalue weighted by atomic mass is 10.0. The summed E-state index contributed by atoms with van der Waals surface area (Å²) in [7, 11) is 1.94. The number of aromatic nitrogens is 2. The summed E-state index contributed by atoms with van der Waals surface area (Å²) in [6.07, 6.45) is 4.19. The highest BCUT2D eigenvalue weighted by atomic mass is 15.3. The van der Waals surface area contributed by atoms with Crippen molar-refractivity contribution in [2.75, 3.05) is 6.54 Å². The van der Waals surface area contributed by atoms with E-state index >= 15 is 0 Å². The molecular weight excluding hydrogens is 250 g/mol. The first-order chi connectivity index (χ1) is 9.52. The first-order valence-electron chi connectivity index (χ1n) is 7.54. The Bertz CT molecular complexity index is 408. The third kappa shape index (κ3) is 6.08. The molecule has 1 aromatic rings. The second-order valence-corrected chi connectivity index (χ2v) is 5.66. The number of aliphatic imine (C=N–C) groups is 1. The van der Waals surface area contributed by atoms with Gasteiger partial charge in [-0.25, -0.2) is 4.99 Å². The summed E-state index contributed by atoms with van der Waals surface area (Å²) >= 11 is 0. The van der Waals surface area contributed by atoms with Gasteiger partial charge in [0, 0.05) is 25.8 Å². The normalized spacial score (nSPS) is 13.6. The maximum Gasteiger partial charge on any atom is 0.191 e. The third-order valence-electron chi connectivity index (χ3n) is 3.23. The van der Waals surface area contributed by atoms with E-state index in [4.69, 9.17) is 0 Å². The molecule has 1 heterocycles. The molecule has 0 bridgehead atoms. The first kappa shape index (κ1) is 16.5. The van der Waals surface area contributed by atoms with Gasteiger partial charge in [-0.1, -0.05) is 13.8 Å². The Kier molecular flexibility index (Phi) is 7.12. The highest BCUT2D eigenvalue weighted by Crippen LogP contribution is 2.06. The van der Waals surface area contributed by atoms with Gasteiger partial charge < -0.3 is 10.6 Å². The van der Waals surface area contributed by atoms with Crippen LogP contribution in [-0.4, -0.2) is 28.3 Å². The van der Waals surface area contributed by atoms with Gasteiger partial charge in [0.1, 0.15) is 0 Å². The molecular formula is C15H29N5. The summed E-state index contributed by atoms with van der Waals surface area (Å²) in [5, 5.41) is 10.9. The van der Waals surface area contributed by atoms with Crippen LogP contribution >= 0.6 is 0 Å². The Hall–Kier alpha value is -1.52. The molecule has 0 fully saturated rings. The second kappa shape index (κ2) is 8.61. The Balaban J connectivity index is 2.52. The number of hydrogen-bond donors (Lipinski definition) is 2. The lowest BCUT2D eigenvalue weighted by Crippen LogP contribution is -2.42. The maximum atomic E-state index is 4.62. The Morgan fingerprint density at radius 3 is 2.65 bits per heavy atom. The fourth-order valence-electron chi connectivity index (χ4n) is 1.93. The lowest BCUT2D eigenvalue weighted by Gasteiger charge is -2.18. The molecule has 1 atom stereocenters. The Morgan fingerprint density at radius 1 is 1.35 bits per heavy atom. The Labute approximate surface area is 122 Å². The summed E-state index contributed by atoms with van der Waals surface area (Å²) in [6, 6.07) is 2.43. The average Bonchev–Trinajstić information content (AvgIpc) is 2.79. The van der Waals surface area contributed by atoms with Gasteiger partial charge in [-0.05, 0) is 38.7 Å². The highest BCUT2D eigenvalue weighted by molar-refractivity contribution is 5.79. The summed E-state index contributed by atoms with van der Waals surface area (Å²) < 4.78 is 1.86. The largest absolute Gasteiger partial charge is 0.357 e. The van der Waals surface area contributed by atoms with Crippen LogP contribution in [0.2, 0.25) is 0 Å². The number of hydrogen-bond acceptors (Lipinski definition) is 2. The van der Waals surface area contributed by atoms with E-state index in [9.17, 15) is 0 Å². The third-order valence-corrected chi connectivity index (χ3v) is 3.23. The van der Waals surface area contributed by atoms with Gasteiger partial charge in [0.25, 0.3) is 0 Å². The summed E-state index contributed by atoms with van der Waals surface area (Å²) in [5.41, 5.74) is 1.11. The minimum Gasteiger partial charge on any atom is -0.357 e. The van der Waals surface area contributed by atoms with Crippen LogP contribution in [0.3, 0.4) is 0 Å². The summed E-state index contributed by atoms with van der Waals surface area (Å²) in [5.74, 6) is 1.62. The van der Waals surface area contributed by atoms with Crippen molar-refractivity contribution in [3.05, 3.63) is 18.0 Å². The quantitative estimate of drug-likeness (QED) is 0.595. The van der Waals surface area contributed by atoms with E-state index in [1.54, 1.807) is 6.20 Å². The first-order valence-corrected chi connectivity index (χ1v) is 7.54. The van der Waals surface area contributed by atoms with Crippen LogP contribution in [0.1, 0.15) is 46.2 Å². The fraction of sp³-hybridized carbons (Fsp3) is 0.733. The molecule has 0 radical (unpaired) electrons. The molecule has 5 heteroatoms. The number of aryl methyl sites for hydroxylation is 1. The van der Waals surface area contributed by atoms with Crippen molar-refractivity contribution < 1.29 is 0 Å². The van der Waals surface area contributed by atoms with Gasteiger partial charge in [-0.2, -0.15) is 5.10 Å². The standard InChI is InChI=1S/C15H29N5/c1-6-16-15(19-13(4)8-7-12(2)3)17-11-14-9-10-18-20(14)5/h9-10,12-13H,6-8,11H2,1-5H3,(H2,16,17,19). The van der Waals surface area contributed by atoms with Crippen molar-refractivity contribution >= 4 is 5.96 Å². The van der Waals surface area contributed by atoms with Crippen molar-refractivity contribution in [3.63, 3.8) is 0 Å². The molecule has 0 saturated carbocycles. The highest BCUT2D eigenvalue weighted by Gasteiger charge is 2.06. The van der Waals surface area contributed by atoms with Gasteiger partial charge in [-0.15, -0.1) is 0 Å². The minimum atomic E-state index is 0.432. The molecule has 5 nitrogen and oxygen atoms in total. The van der Waals surface area contributed by atoms with Gasteiger partial charge in [0.2, 0.25) is 0 Å². The van der Waals surface area contributed by atoms with Gasteiger partial charge in [0.05, 0.1) is 12.2 Å². The number of nitrogens with zero attached hydrogens (tertiary/aromatic N) is 3. The molecule has 0 aliphatic heterocycles. The Morgan fingerprint density at radius 2 is 2.10 bits per heavy atom. The van der Waals surface area contributed by atoms with Crippen LogP contribution < -0.4 is 10.6 Å². The number of rotatable bonds is 7. The fourth-order valence-corrected chi connectivity index (χ4v) is 1.93. The molecule has 2 N–H and O–H groups in total. The van der Waals surface area contributed by atoms with Crippen molar-refractivity contribution in [1.29, 1.82) is 0 Å². The molecule has 1 rings (SSSR count). The predicted molar refractivity (Wildman–Crippen MR) is 84.7 cm³/mol. The lowest BCUT2D eigenvalue weighted by molar-refractivity contribution is 0.489. The molecule has 1 unspecified atom stereocenters. The zero-order valence-corrected chi connectivity index (χ0v) is 13.5. The van der Waals surface area contributed by atoms with Gasteiger partial charge in [-0.3, -0.25) is 4.68 Å². The molecule has 114 valence electrons. The molecule has 0 aliphatic rings. The zero-order valence-electron chi connectivity index (χ0n) is 13.5. The second-order valence-electron chi connectivity index (χ2n) is 5.66. The van der Waals surface area contributed by atoms with E-state index in [-0.39, 0.29) is 0 Å². The summed E-state index contributed by atoms with van der Waals surface area (Å²) in [6.45, 7) is 10.3. The minimum absolute atomic E-state index is 0.432. The van der Waals surface area contributed by atoms with Crippen LogP contribution in [0.15, 0.2) is 17.3 Å². The van der Waals surface area contributed by atoms with Crippen LogP contribution in [0.25, 0.3) is 0 Å². The predicted octanol–water partition coefficient (Wildman–Crippen LogP) is 2.30. The molecule has 0 saturated heterocycles. The SMILES string of the molecule is CCNC(=NCc1ccnn1C)NC(C)CCC(C)C. The molecule has 1 aromatic heterocycles. The van der Waals surface area contributed by atoms with E-state index in [1.807, 2.05) is 17.8 Å². The van der Waals surface area contributed by atoms with Crippen LogP contribution in [-0.2, 0) is 13.6 Å². The number of guanidine groups is 1. The van der Waals surface area contributed by atoms with Crippen molar-refractivity contribution in [2.24, 2.45) is 18.0 Å². The van der Waals surface area contributed by atoms with Crippen LogP contribution in [0, 0.1) is 5.92 Å². The van der Waals surface area contributed by atoms with Gasteiger partial charge >= 0.3 is 0 Å². The average molecular weight is 279 g/mol. The van der Waals surface area contributed by atoms with E-state index in [2.05, 4.69) is 48.4 Å². The van der Waals surface area contributed by atoms with Gasteiger partial charge in [0.15, 0.2) is 5.96 Å². The van der Waals surface area contributed by atoms with Crippen LogP contribution in [0.4, 0.5) is 0 Å². The van der Waals surface area contributed by atoms with Crippen molar-refractivity contribution in [2.45, 2.75) is 53.1 Å². The van der Waals surface area contributed by atoms with Crippen LogP contribution in [0.5, 0.6) is 0 Å². The summed E-state index contributed by atoms with van der Waals surface area (Å²) in [4.78, 5) is 4.62. The van der Waals surface area contributed by atoms with Crippen molar-refractivity contribution in [3.8, 4) is 0 Å². The molecule has 0 aliphatic carbocycles. The van der Waals surface area contributed by atoms with E-state index < -0.39 is 0 Å². The van der Waals surface area contributed by atoms with E-state index in [0.29, 0.717) is 12.6 Å². The number of nitrogens with one attached hydrogen (secondary N) is 2. The molecule has 0 aromatic carbocycles. The molecule has 0 spiro atoms. The topological polar surface area (TPSA) is 54.2 Å². The maximum absolute atomic E-state index is 4.62. The molecule has 0 amide bonds. The monoisotopic (exact) mass is 279 g/mol. The van der Waals surface area contributed by atoms with E-state index in [0.717, 1.165) is 30.5 Å². The smallest absolute Gasteiger partial charge is 0.191 e. The van der Waals surface area contributed by atoms with Crippen molar-refractivity contribution in [1.82, 2.24) is 20.4 Å². The van der Waals surface area contributed by atoms with E-state index in [1.165, 1.54) is 6.42 Å². The molecule has 20 heavy (non-hydrogen) atoms. The zero-order chi connectivity index (χ0) is 15.0.